The van der Waals surface area contributed by atoms with Crippen LogP contribution in [0.15, 0.2) is 59.5 Å². The Bertz CT molecular complexity index is 1660. The van der Waals surface area contributed by atoms with Crippen LogP contribution in [0.2, 0.25) is 0 Å². The Morgan fingerprint density at radius 3 is 2.20 bits per heavy atom. The zero-order valence-electron chi connectivity index (χ0n) is 20.3. The summed E-state index contributed by atoms with van der Waals surface area (Å²) in [7, 11) is -4.51. The Morgan fingerprint density at radius 2 is 1.60 bits per heavy atom. The molecule has 1 unspecified atom stereocenters. The third kappa shape index (κ3) is 6.93. The van der Waals surface area contributed by atoms with Crippen LogP contribution in [-0.2, 0) is 16.2 Å². The molecule has 0 saturated carbocycles. The molecule has 0 aliphatic carbocycles. The summed E-state index contributed by atoms with van der Waals surface area (Å²) in [6.07, 6.45) is -9.52. The lowest BCUT2D eigenvalue weighted by Gasteiger charge is -2.19. The van der Waals surface area contributed by atoms with E-state index in [0.717, 1.165) is 6.07 Å². The van der Waals surface area contributed by atoms with Crippen molar-refractivity contribution < 1.29 is 39.2 Å². The highest BCUT2D eigenvalue weighted by atomic mass is 32.2. The number of halogens is 7. The minimum Gasteiger partial charge on any atom is -0.359 e. The molecule has 0 spiro atoms. The van der Waals surface area contributed by atoms with Gasteiger partial charge in [-0.2, -0.15) is 31.3 Å². The first-order valence-electron chi connectivity index (χ1n) is 11.3. The summed E-state index contributed by atoms with van der Waals surface area (Å²) in [6, 6.07) is 9.12. The SMILES string of the molecule is CC(Nc1nc(NCC(F)(F)F)c2nc(-c3ccc(F)cc3)ccc2n1)c1cc(C(F)(F)F)cc(S(N)(=O)=O)c1. The van der Waals surface area contributed by atoms with E-state index >= 15 is 0 Å². The fraction of sp³-hybridized carbons (Fsp3) is 0.208. The van der Waals surface area contributed by atoms with Crippen LogP contribution in [0.1, 0.15) is 24.1 Å². The maximum Gasteiger partial charge on any atom is 0.416 e. The highest BCUT2D eigenvalue weighted by Crippen LogP contribution is 2.34. The van der Waals surface area contributed by atoms with Crippen LogP contribution in [0.5, 0.6) is 0 Å². The van der Waals surface area contributed by atoms with E-state index < -0.39 is 51.2 Å². The topological polar surface area (TPSA) is 123 Å². The second-order valence-corrected chi connectivity index (χ2v) is 10.2. The predicted octanol–water partition coefficient (Wildman–Crippen LogP) is 5.64. The summed E-state index contributed by atoms with van der Waals surface area (Å²) in [5, 5.41) is 9.86. The fourth-order valence-electron chi connectivity index (χ4n) is 3.64. The van der Waals surface area contributed by atoms with Gasteiger partial charge in [-0.25, -0.2) is 27.9 Å². The summed E-state index contributed by atoms with van der Waals surface area (Å²) in [5.41, 5.74) is -0.644. The summed E-state index contributed by atoms with van der Waals surface area (Å²) >= 11 is 0. The van der Waals surface area contributed by atoms with Crippen molar-refractivity contribution in [2.24, 2.45) is 5.14 Å². The molecule has 40 heavy (non-hydrogen) atoms. The van der Waals surface area contributed by atoms with Crippen molar-refractivity contribution >= 4 is 32.8 Å². The summed E-state index contributed by atoms with van der Waals surface area (Å²) in [5.74, 6) is -1.12. The van der Waals surface area contributed by atoms with Gasteiger partial charge < -0.3 is 10.6 Å². The molecular weight excluding hydrogens is 569 g/mol. The van der Waals surface area contributed by atoms with Gasteiger partial charge in [0.05, 0.1) is 27.7 Å². The van der Waals surface area contributed by atoms with Crippen molar-refractivity contribution in [2.75, 3.05) is 17.2 Å². The first-order valence-corrected chi connectivity index (χ1v) is 12.8. The largest absolute Gasteiger partial charge is 0.416 e. The van der Waals surface area contributed by atoms with Crippen LogP contribution < -0.4 is 15.8 Å². The van der Waals surface area contributed by atoms with Crippen molar-refractivity contribution in [2.45, 2.75) is 30.2 Å². The Kier molecular flexibility index (Phi) is 7.60. The lowest BCUT2D eigenvalue weighted by atomic mass is 10.0. The minimum absolute atomic E-state index is 0.0557. The van der Waals surface area contributed by atoms with Crippen molar-refractivity contribution in [3.63, 3.8) is 0 Å². The summed E-state index contributed by atoms with van der Waals surface area (Å²) in [6.45, 7) is -0.115. The first-order chi connectivity index (χ1) is 18.5. The van der Waals surface area contributed by atoms with Crippen molar-refractivity contribution in [1.82, 2.24) is 15.0 Å². The molecule has 16 heteroatoms. The van der Waals surface area contributed by atoms with Gasteiger partial charge in [0.25, 0.3) is 0 Å². The molecule has 0 aliphatic rings. The van der Waals surface area contributed by atoms with Gasteiger partial charge in [0.2, 0.25) is 16.0 Å². The van der Waals surface area contributed by atoms with Gasteiger partial charge in [0.15, 0.2) is 5.82 Å². The number of hydrogen-bond donors (Lipinski definition) is 3. The lowest BCUT2D eigenvalue weighted by molar-refractivity contribution is -0.137. The Hall–Kier alpha value is -4.05. The van der Waals surface area contributed by atoms with Crippen LogP contribution >= 0.6 is 0 Å². The number of hydrogen-bond acceptors (Lipinski definition) is 7. The van der Waals surface area contributed by atoms with Crippen molar-refractivity contribution in [3.8, 4) is 11.3 Å². The van der Waals surface area contributed by atoms with Gasteiger partial charge in [0, 0.05) is 5.56 Å². The maximum atomic E-state index is 13.4. The fourth-order valence-corrected chi connectivity index (χ4v) is 4.24. The number of sulfonamides is 1. The van der Waals surface area contributed by atoms with E-state index in [0.29, 0.717) is 23.4 Å². The Morgan fingerprint density at radius 1 is 0.925 bits per heavy atom. The maximum absolute atomic E-state index is 13.4. The monoisotopic (exact) mass is 588 g/mol. The number of rotatable bonds is 7. The van der Waals surface area contributed by atoms with Gasteiger partial charge in [-0.05, 0) is 67.1 Å². The van der Waals surface area contributed by atoms with E-state index in [2.05, 4.69) is 25.6 Å². The molecule has 4 aromatic rings. The molecule has 0 bridgehead atoms. The number of primary sulfonamides is 1. The van der Waals surface area contributed by atoms with Gasteiger partial charge >= 0.3 is 12.4 Å². The molecule has 0 fully saturated rings. The lowest BCUT2D eigenvalue weighted by Crippen LogP contribution is -2.22. The molecular formula is C24H19F7N6O2S. The Labute approximate surface area is 222 Å². The first kappa shape index (κ1) is 28.9. The third-order valence-electron chi connectivity index (χ3n) is 5.57. The van der Waals surface area contributed by atoms with Gasteiger partial charge in [-0.15, -0.1) is 0 Å². The average molecular weight is 589 g/mol. The number of pyridine rings is 1. The number of nitrogens with zero attached hydrogens (tertiary/aromatic N) is 3. The van der Waals surface area contributed by atoms with E-state index in [4.69, 9.17) is 5.14 Å². The van der Waals surface area contributed by atoms with Gasteiger partial charge in [-0.3, -0.25) is 0 Å². The number of benzene rings is 2. The second kappa shape index (κ2) is 10.5. The Balaban J connectivity index is 1.76. The molecule has 4 N–H and O–H groups in total. The van der Waals surface area contributed by atoms with Crippen LogP contribution in [0.3, 0.4) is 0 Å². The quantitative estimate of drug-likeness (QED) is 0.239. The molecule has 2 aromatic carbocycles. The minimum atomic E-state index is -4.89. The zero-order valence-corrected chi connectivity index (χ0v) is 21.1. The smallest absolute Gasteiger partial charge is 0.359 e. The molecule has 1 atom stereocenters. The van der Waals surface area contributed by atoms with Crippen LogP contribution in [0.4, 0.5) is 42.5 Å². The molecule has 2 heterocycles. The summed E-state index contributed by atoms with van der Waals surface area (Å²) in [4.78, 5) is 11.8. The van der Waals surface area contributed by atoms with E-state index in [-0.39, 0.29) is 28.4 Å². The number of alkyl halides is 6. The zero-order chi connectivity index (χ0) is 29.5. The number of nitrogens with one attached hydrogen (secondary N) is 2. The molecule has 0 saturated heterocycles. The molecule has 0 amide bonds. The van der Waals surface area contributed by atoms with E-state index in [9.17, 15) is 39.2 Å². The molecule has 0 aliphatic heterocycles. The third-order valence-corrected chi connectivity index (χ3v) is 6.46. The average Bonchev–Trinajstić information content (AvgIpc) is 2.85. The van der Waals surface area contributed by atoms with E-state index in [1.165, 1.54) is 43.3 Å². The predicted molar refractivity (Wildman–Crippen MR) is 132 cm³/mol. The normalized spacial score (nSPS) is 13.3. The molecule has 4 rings (SSSR count). The second-order valence-electron chi connectivity index (χ2n) is 8.64. The number of fused-ring (bicyclic) bond motifs is 1. The summed E-state index contributed by atoms with van der Waals surface area (Å²) < 4.78 is 116. The number of anilines is 2. The van der Waals surface area contributed by atoms with Gasteiger partial charge in [0.1, 0.15) is 17.9 Å². The molecule has 8 nitrogen and oxygen atoms in total. The highest BCUT2D eigenvalue weighted by molar-refractivity contribution is 7.89. The van der Waals surface area contributed by atoms with E-state index in [1.807, 2.05) is 0 Å². The van der Waals surface area contributed by atoms with Gasteiger partial charge in [-0.1, -0.05) is 0 Å². The number of nitrogens with two attached hydrogens (primary N) is 1. The highest BCUT2D eigenvalue weighted by Gasteiger charge is 2.33. The molecule has 2 aromatic heterocycles. The molecule has 212 valence electrons. The molecule has 0 radical (unpaired) electrons. The number of aromatic nitrogens is 3. The van der Waals surface area contributed by atoms with Crippen molar-refractivity contribution in [1.29, 1.82) is 0 Å². The van der Waals surface area contributed by atoms with Crippen molar-refractivity contribution in [3.05, 3.63) is 71.5 Å². The standard InChI is InChI=1S/C24H19F7N6O2S/c1-12(14-8-15(24(29,30)31)10-17(9-14)40(32,38)39)34-22-36-19-7-6-18(13-2-4-16(25)5-3-13)35-20(19)21(37-22)33-11-23(26,27)28/h2-10,12H,11H2,1H3,(H2,32,38,39)(H2,33,34,36,37). The van der Waals surface area contributed by atoms with Crippen LogP contribution in [-0.4, -0.2) is 36.1 Å². The van der Waals surface area contributed by atoms with Crippen LogP contribution in [0, 0.1) is 5.82 Å². The van der Waals surface area contributed by atoms with E-state index in [1.54, 1.807) is 0 Å². The van der Waals surface area contributed by atoms with Crippen LogP contribution in [0.25, 0.3) is 22.3 Å².